The van der Waals surface area contributed by atoms with E-state index in [1.165, 1.54) is 0 Å². The molecule has 1 aliphatic carbocycles. The molecule has 1 fully saturated rings. The Morgan fingerprint density at radius 2 is 1.62 bits per heavy atom. The summed E-state index contributed by atoms with van der Waals surface area (Å²) >= 11 is 0. The van der Waals surface area contributed by atoms with Crippen LogP contribution in [0.15, 0.2) is 0 Å². The first-order valence-electron chi connectivity index (χ1n) is 6.36. The second-order valence-electron chi connectivity index (χ2n) is 7.19. The molecule has 0 radical (unpaired) electrons. The lowest BCUT2D eigenvalue weighted by molar-refractivity contribution is -0.223. The van der Waals surface area contributed by atoms with Crippen LogP contribution in [0.1, 0.15) is 61.3 Å². The highest BCUT2D eigenvalue weighted by Gasteiger charge is 2.49. The lowest BCUT2D eigenvalue weighted by atomic mass is 9.62. The molecule has 2 nitrogen and oxygen atoms in total. The highest BCUT2D eigenvalue weighted by Crippen LogP contribution is 2.51. The van der Waals surface area contributed by atoms with Gasteiger partial charge in [-0.1, -0.05) is 13.8 Å². The van der Waals surface area contributed by atoms with Gasteiger partial charge in [0.2, 0.25) is 0 Å². The van der Waals surface area contributed by atoms with Crippen LogP contribution in [0.4, 0.5) is 0 Å². The fourth-order valence-electron chi connectivity index (χ4n) is 3.11. The van der Waals surface area contributed by atoms with Gasteiger partial charge >= 0.3 is 0 Å². The number of hydrogen-bond donors (Lipinski definition) is 0. The molecule has 0 bridgehead atoms. The molecule has 1 saturated carbocycles. The van der Waals surface area contributed by atoms with Crippen molar-refractivity contribution in [3.8, 4) is 0 Å². The SMILES string of the molecule is CC(C)OCC(C)(C)OC1(C)CC(C)(C)C1. The molecule has 0 N–H and O–H groups in total. The maximum absolute atomic E-state index is 6.22. The van der Waals surface area contributed by atoms with Gasteiger partial charge < -0.3 is 9.47 Å². The summed E-state index contributed by atoms with van der Waals surface area (Å²) in [6.45, 7) is 15.8. The monoisotopic (exact) mass is 228 g/mol. The van der Waals surface area contributed by atoms with Crippen molar-refractivity contribution in [1.29, 1.82) is 0 Å². The molecule has 0 saturated heterocycles. The predicted octanol–water partition coefficient (Wildman–Crippen LogP) is 3.79. The van der Waals surface area contributed by atoms with Gasteiger partial charge in [-0.2, -0.15) is 0 Å². The molecule has 1 aliphatic rings. The quantitative estimate of drug-likeness (QED) is 0.713. The van der Waals surface area contributed by atoms with Crippen LogP contribution in [0.3, 0.4) is 0 Å². The van der Waals surface area contributed by atoms with E-state index >= 15 is 0 Å². The summed E-state index contributed by atoms with van der Waals surface area (Å²) in [6, 6.07) is 0. The Bertz CT molecular complexity index is 233. The highest BCUT2D eigenvalue weighted by molar-refractivity contribution is 4.99. The van der Waals surface area contributed by atoms with E-state index in [4.69, 9.17) is 9.47 Å². The third-order valence-electron chi connectivity index (χ3n) is 2.99. The van der Waals surface area contributed by atoms with Crippen LogP contribution in [-0.4, -0.2) is 23.9 Å². The van der Waals surface area contributed by atoms with Gasteiger partial charge in [-0.3, -0.25) is 0 Å². The summed E-state index contributed by atoms with van der Waals surface area (Å²) in [5.41, 5.74) is 0.312. The second kappa shape index (κ2) is 4.30. The topological polar surface area (TPSA) is 18.5 Å². The Kier molecular flexibility index (Phi) is 3.76. The van der Waals surface area contributed by atoms with Crippen molar-refractivity contribution < 1.29 is 9.47 Å². The van der Waals surface area contributed by atoms with E-state index in [9.17, 15) is 0 Å². The summed E-state index contributed by atoms with van der Waals surface area (Å²) in [5.74, 6) is 0. The first kappa shape index (κ1) is 14.0. The Balaban J connectivity index is 2.41. The van der Waals surface area contributed by atoms with Crippen molar-refractivity contribution >= 4 is 0 Å². The van der Waals surface area contributed by atoms with Crippen molar-refractivity contribution in [1.82, 2.24) is 0 Å². The highest BCUT2D eigenvalue weighted by atomic mass is 16.6. The molecule has 2 heteroatoms. The van der Waals surface area contributed by atoms with Crippen LogP contribution in [0.2, 0.25) is 0 Å². The zero-order chi connectivity index (χ0) is 12.6. The molecular weight excluding hydrogens is 200 g/mol. The van der Waals surface area contributed by atoms with Crippen LogP contribution >= 0.6 is 0 Å². The molecule has 96 valence electrons. The second-order valence-corrected chi connectivity index (χ2v) is 7.19. The van der Waals surface area contributed by atoms with Gasteiger partial charge in [0.15, 0.2) is 0 Å². The standard InChI is InChI=1S/C14H28O2/c1-11(2)15-10-13(5,6)16-14(7)8-12(3,4)9-14/h11H,8-10H2,1-7H3. The van der Waals surface area contributed by atoms with Crippen molar-refractivity contribution in [2.45, 2.75) is 78.6 Å². The molecule has 16 heavy (non-hydrogen) atoms. The molecule has 1 rings (SSSR count). The predicted molar refractivity (Wildman–Crippen MR) is 67.7 cm³/mol. The molecular formula is C14H28O2. The van der Waals surface area contributed by atoms with Gasteiger partial charge in [-0.15, -0.1) is 0 Å². The smallest absolute Gasteiger partial charge is 0.0866 e. The normalized spacial score (nSPS) is 23.2. The first-order valence-corrected chi connectivity index (χ1v) is 6.36. The molecule has 0 amide bonds. The maximum Gasteiger partial charge on any atom is 0.0866 e. The van der Waals surface area contributed by atoms with Gasteiger partial charge in [-0.25, -0.2) is 0 Å². The van der Waals surface area contributed by atoms with Crippen LogP contribution in [0, 0.1) is 5.41 Å². The average Bonchev–Trinajstić information content (AvgIpc) is 1.95. The van der Waals surface area contributed by atoms with E-state index in [2.05, 4.69) is 48.5 Å². The minimum Gasteiger partial charge on any atom is -0.376 e. The Morgan fingerprint density at radius 1 is 1.12 bits per heavy atom. The van der Waals surface area contributed by atoms with Crippen LogP contribution < -0.4 is 0 Å². The van der Waals surface area contributed by atoms with Gasteiger partial charge in [0, 0.05) is 0 Å². The Labute approximate surface area is 101 Å². The zero-order valence-electron chi connectivity index (χ0n) is 12.0. The largest absolute Gasteiger partial charge is 0.376 e. The summed E-state index contributed by atoms with van der Waals surface area (Å²) in [7, 11) is 0. The van der Waals surface area contributed by atoms with E-state index in [1.807, 2.05) is 0 Å². The van der Waals surface area contributed by atoms with Crippen molar-refractivity contribution in [2.75, 3.05) is 6.61 Å². The molecule has 0 aromatic heterocycles. The minimum absolute atomic E-state index is 0.0489. The first-order chi connectivity index (χ1) is 7.04. The fourth-order valence-corrected chi connectivity index (χ4v) is 3.11. The summed E-state index contributed by atoms with van der Waals surface area (Å²) in [5, 5.41) is 0. The minimum atomic E-state index is -0.185. The molecule has 0 atom stereocenters. The molecule has 0 aliphatic heterocycles. The van der Waals surface area contributed by atoms with Crippen molar-refractivity contribution in [3.63, 3.8) is 0 Å². The van der Waals surface area contributed by atoms with E-state index < -0.39 is 0 Å². The Hall–Kier alpha value is -0.0800. The number of ether oxygens (including phenoxy) is 2. The van der Waals surface area contributed by atoms with E-state index in [1.54, 1.807) is 0 Å². The van der Waals surface area contributed by atoms with Gasteiger partial charge in [0.1, 0.15) is 0 Å². The third-order valence-corrected chi connectivity index (χ3v) is 2.99. The lowest BCUT2D eigenvalue weighted by Gasteiger charge is -2.53. The van der Waals surface area contributed by atoms with Gasteiger partial charge in [0.25, 0.3) is 0 Å². The molecule has 0 heterocycles. The van der Waals surface area contributed by atoms with Crippen LogP contribution in [0.25, 0.3) is 0 Å². The average molecular weight is 228 g/mol. The summed E-state index contributed by atoms with van der Waals surface area (Å²) < 4.78 is 11.9. The van der Waals surface area contributed by atoms with E-state index in [-0.39, 0.29) is 17.3 Å². The van der Waals surface area contributed by atoms with Crippen LogP contribution in [0.5, 0.6) is 0 Å². The number of rotatable bonds is 5. The van der Waals surface area contributed by atoms with Crippen molar-refractivity contribution in [2.24, 2.45) is 5.41 Å². The summed E-state index contributed by atoms with van der Waals surface area (Å²) in [4.78, 5) is 0. The zero-order valence-corrected chi connectivity index (χ0v) is 12.0. The third kappa shape index (κ3) is 4.06. The van der Waals surface area contributed by atoms with Crippen LogP contribution in [-0.2, 0) is 9.47 Å². The molecule has 0 unspecified atom stereocenters. The molecule has 0 aromatic rings. The maximum atomic E-state index is 6.22. The van der Waals surface area contributed by atoms with Crippen molar-refractivity contribution in [3.05, 3.63) is 0 Å². The molecule has 0 spiro atoms. The number of hydrogen-bond acceptors (Lipinski definition) is 2. The molecule has 0 aromatic carbocycles. The van der Waals surface area contributed by atoms with E-state index in [0.717, 1.165) is 12.8 Å². The lowest BCUT2D eigenvalue weighted by Crippen LogP contribution is -2.53. The summed E-state index contributed by atoms with van der Waals surface area (Å²) in [6.07, 6.45) is 2.56. The Morgan fingerprint density at radius 3 is 2.00 bits per heavy atom. The fraction of sp³-hybridized carbons (Fsp3) is 1.00. The van der Waals surface area contributed by atoms with Gasteiger partial charge in [0.05, 0.1) is 23.9 Å². The van der Waals surface area contributed by atoms with Gasteiger partial charge in [-0.05, 0) is 52.9 Å². The van der Waals surface area contributed by atoms with E-state index in [0.29, 0.717) is 12.0 Å².